The molecule has 0 aliphatic carbocycles. The van der Waals surface area contributed by atoms with Crippen molar-refractivity contribution < 1.29 is 9.53 Å². The van der Waals surface area contributed by atoms with Gasteiger partial charge in [-0.15, -0.1) is 11.3 Å². The number of amides is 1. The Bertz CT molecular complexity index is 729. The number of halogens is 1. The molecule has 1 aromatic heterocycles. The third-order valence-electron chi connectivity index (χ3n) is 2.67. The summed E-state index contributed by atoms with van der Waals surface area (Å²) < 4.78 is 6.28. The second-order valence-corrected chi connectivity index (χ2v) is 6.72. The fraction of sp³-hybridized carbons (Fsp3) is 0.125. The van der Waals surface area contributed by atoms with E-state index < -0.39 is 5.91 Å². The normalized spacial score (nSPS) is 10.9. The number of ether oxygens (including phenoxy) is 1. The molecule has 0 aliphatic rings. The SMILES string of the molecule is CCOc1ccc(NC(=O)C(C#N)=Cc2ccc(Br)s2)cc1. The Morgan fingerprint density at radius 1 is 1.36 bits per heavy atom. The van der Waals surface area contributed by atoms with E-state index in [-0.39, 0.29) is 5.57 Å². The number of nitrogens with one attached hydrogen (secondary N) is 1. The third kappa shape index (κ3) is 4.45. The van der Waals surface area contributed by atoms with Gasteiger partial charge in [-0.2, -0.15) is 5.26 Å². The molecule has 0 unspecified atom stereocenters. The lowest BCUT2D eigenvalue weighted by atomic mass is 10.2. The van der Waals surface area contributed by atoms with E-state index in [1.807, 2.05) is 25.1 Å². The molecule has 22 heavy (non-hydrogen) atoms. The zero-order chi connectivity index (χ0) is 15.9. The molecule has 1 heterocycles. The van der Waals surface area contributed by atoms with E-state index in [0.717, 1.165) is 14.4 Å². The van der Waals surface area contributed by atoms with E-state index in [1.165, 1.54) is 11.3 Å². The summed E-state index contributed by atoms with van der Waals surface area (Å²) in [5, 5.41) is 11.8. The topological polar surface area (TPSA) is 62.1 Å². The van der Waals surface area contributed by atoms with Crippen LogP contribution in [0, 0.1) is 11.3 Å². The molecule has 0 bridgehead atoms. The highest BCUT2D eigenvalue weighted by Gasteiger charge is 2.10. The first-order valence-electron chi connectivity index (χ1n) is 6.53. The first-order chi connectivity index (χ1) is 10.6. The summed E-state index contributed by atoms with van der Waals surface area (Å²) in [4.78, 5) is 13.0. The van der Waals surface area contributed by atoms with Gasteiger partial charge in [-0.05, 0) is 65.3 Å². The smallest absolute Gasteiger partial charge is 0.266 e. The van der Waals surface area contributed by atoms with Crippen LogP contribution in [0.3, 0.4) is 0 Å². The van der Waals surface area contributed by atoms with Gasteiger partial charge in [0, 0.05) is 10.6 Å². The van der Waals surface area contributed by atoms with Crippen LogP contribution in [-0.4, -0.2) is 12.5 Å². The van der Waals surface area contributed by atoms with Crippen molar-refractivity contribution >= 4 is 44.9 Å². The standard InChI is InChI=1S/C16H13BrN2O2S/c1-2-21-13-5-3-12(4-6-13)19-16(20)11(10-18)9-14-7-8-15(17)22-14/h3-9H,2H2,1H3,(H,19,20). The quantitative estimate of drug-likeness (QED) is 0.618. The summed E-state index contributed by atoms with van der Waals surface area (Å²) in [6, 6.07) is 12.7. The lowest BCUT2D eigenvalue weighted by Gasteiger charge is -2.06. The second kappa shape index (κ2) is 7.78. The lowest BCUT2D eigenvalue weighted by Crippen LogP contribution is -2.13. The Morgan fingerprint density at radius 2 is 2.09 bits per heavy atom. The Balaban J connectivity index is 2.09. The van der Waals surface area contributed by atoms with Crippen molar-refractivity contribution in [1.29, 1.82) is 5.26 Å². The molecule has 0 fully saturated rings. The lowest BCUT2D eigenvalue weighted by molar-refractivity contribution is -0.112. The van der Waals surface area contributed by atoms with Crippen LogP contribution in [0.1, 0.15) is 11.8 Å². The monoisotopic (exact) mass is 376 g/mol. The fourth-order valence-corrected chi connectivity index (χ4v) is 3.06. The Labute approximate surface area is 141 Å². The van der Waals surface area contributed by atoms with Gasteiger partial charge in [0.1, 0.15) is 17.4 Å². The van der Waals surface area contributed by atoms with Gasteiger partial charge in [-0.3, -0.25) is 4.79 Å². The number of nitriles is 1. The minimum Gasteiger partial charge on any atom is -0.494 e. The minimum atomic E-state index is -0.434. The number of thiophene rings is 1. The van der Waals surface area contributed by atoms with E-state index in [0.29, 0.717) is 12.3 Å². The van der Waals surface area contributed by atoms with Crippen molar-refractivity contribution in [3.8, 4) is 11.8 Å². The van der Waals surface area contributed by atoms with Crippen molar-refractivity contribution in [2.45, 2.75) is 6.92 Å². The van der Waals surface area contributed by atoms with E-state index in [2.05, 4.69) is 21.2 Å². The Hall–Kier alpha value is -2.10. The fourth-order valence-electron chi connectivity index (χ4n) is 1.70. The highest BCUT2D eigenvalue weighted by Crippen LogP contribution is 2.24. The first kappa shape index (κ1) is 16.3. The number of carbonyl (C=O) groups is 1. The molecule has 0 aliphatic heterocycles. The van der Waals surface area contributed by atoms with Gasteiger partial charge in [0.15, 0.2) is 0 Å². The molecule has 0 saturated heterocycles. The van der Waals surface area contributed by atoms with Crippen molar-refractivity contribution in [2.75, 3.05) is 11.9 Å². The average Bonchev–Trinajstić information content (AvgIpc) is 2.92. The molecule has 6 heteroatoms. The van der Waals surface area contributed by atoms with Crippen LogP contribution in [0.25, 0.3) is 6.08 Å². The van der Waals surface area contributed by atoms with Gasteiger partial charge >= 0.3 is 0 Å². The number of hydrogen-bond acceptors (Lipinski definition) is 4. The van der Waals surface area contributed by atoms with Crippen molar-refractivity contribution in [1.82, 2.24) is 0 Å². The maximum Gasteiger partial charge on any atom is 0.266 e. The van der Waals surface area contributed by atoms with E-state index >= 15 is 0 Å². The molecule has 0 saturated carbocycles. The van der Waals surface area contributed by atoms with Gasteiger partial charge in [0.2, 0.25) is 0 Å². The van der Waals surface area contributed by atoms with E-state index in [1.54, 1.807) is 30.3 Å². The van der Waals surface area contributed by atoms with E-state index in [4.69, 9.17) is 10.00 Å². The van der Waals surface area contributed by atoms with Crippen LogP contribution in [0.4, 0.5) is 5.69 Å². The molecule has 0 radical (unpaired) electrons. The maximum absolute atomic E-state index is 12.1. The van der Waals surface area contributed by atoms with Crippen LogP contribution < -0.4 is 10.1 Å². The van der Waals surface area contributed by atoms with Gasteiger partial charge in [-0.1, -0.05) is 0 Å². The molecule has 1 N–H and O–H groups in total. The predicted octanol–water partition coefficient (Wildman–Crippen LogP) is 4.45. The Kier molecular flexibility index (Phi) is 5.75. The van der Waals surface area contributed by atoms with Crippen molar-refractivity contribution in [2.24, 2.45) is 0 Å². The van der Waals surface area contributed by atoms with E-state index in [9.17, 15) is 4.79 Å². The maximum atomic E-state index is 12.1. The molecular weight excluding hydrogens is 364 g/mol. The number of benzene rings is 1. The van der Waals surface area contributed by atoms with Crippen LogP contribution in [0.2, 0.25) is 0 Å². The summed E-state index contributed by atoms with van der Waals surface area (Å²) in [6.45, 7) is 2.49. The first-order valence-corrected chi connectivity index (χ1v) is 8.14. The summed E-state index contributed by atoms with van der Waals surface area (Å²) in [7, 11) is 0. The number of nitrogens with zero attached hydrogens (tertiary/aromatic N) is 1. The van der Waals surface area contributed by atoms with Crippen LogP contribution in [-0.2, 0) is 4.79 Å². The summed E-state index contributed by atoms with van der Waals surface area (Å²) in [6.07, 6.45) is 1.57. The van der Waals surface area contributed by atoms with Crippen LogP contribution in [0.15, 0.2) is 45.8 Å². The molecular formula is C16H13BrN2O2S. The summed E-state index contributed by atoms with van der Waals surface area (Å²) in [5.41, 5.74) is 0.671. The zero-order valence-electron chi connectivity index (χ0n) is 11.8. The molecule has 112 valence electrons. The molecule has 2 aromatic rings. The van der Waals surface area contributed by atoms with Gasteiger partial charge in [0.25, 0.3) is 5.91 Å². The molecule has 1 amide bonds. The number of anilines is 1. The van der Waals surface area contributed by atoms with Gasteiger partial charge in [-0.25, -0.2) is 0 Å². The van der Waals surface area contributed by atoms with Gasteiger partial charge in [0.05, 0.1) is 10.4 Å². The van der Waals surface area contributed by atoms with Crippen LogP contribution in [0.5, 0.6) is 5.75 Å². The van der Waals surface area contributed by atoms with Gasteiger partial charge < -0.3 is 10.1 Å². The average molecular weight is 377 g/mol. The number of carbonyl (C=O) groups excluding carboxylic acids is 1. The molecule has 0 atom stereocenters. The van der Waals surface area contributed by atoms with Crippen LogP contribution >= 0.6 is 27.3 Å². The molecule has 4 nitrogen and oxygen atoms in total. The highest BCUT2D eigenvalue weighted by atomic mass is 79.9. The van der Waals surface area contributed by atoms with Crippen molar-refractivity contribution in [3.05, 3.63) is 50.6 Å². The Morgan fingerprint density at radius 3 is 2.64 bits per heavy atom. The highest BCUT2D eigenvalue weighted by molar-refractivity contribution is 9.11. The number of rotatable bonds is 5. The minimum absolute atomic E-state index is 0.0586. The second-order valence-electron chi connectivity index (χ2n) is 4.22. The summed E-state index contributed by atoms with van der Waals surface area (Å²) in [5.74, 6) is 0.302. The molecule has 1 aromatic carbocycles. The molecule has 0 spiro atoms. The zero-order valence-corrected chi connectivity index (χ0v) is 14.2. The molecule has 2 rings (SSSR count). The van der Waals surface area contributed by atoms with Crippen molar-refractivity contribution in [3.63, 3.8) is 0 Å². The largest absolute Gasteiger partial charge is 0.494 e. The predicted molar refractivity (Wildman–Crippen MR) is 91.8 cm³/mol. The summed E-state index contributed by atoms with van der Waals surface area (Å²) >= 11 is 4.80. The third-order valence-corrected chi connectivity index (χ3v) is 4.24. The number of hydrogen-bond donors (Lipinski definition) is 1.